The number of anilines is 1. The van der Waals surface area contributed by atoms with Gasteiger partial charge in [0.15, 0.2) is 12.0 Å². The summed E-state index contributed by atoms with van der Waals surface area (Å²) in [6.07, 6.45) is 2.88. The van der Waals surface area contributed by atoms with Crippen molar-refractivity contribution in [2.75, 3.05) is 12.4 Å². The molecule has 1 aliphatic carbocycles. The second kappa shape index (κ2) is 9.90. The summed E-state index contributed by atoms with van der Waals surface area (Å²) in [4.78, 5) is 19.0. The Balaban J connectivity index is 1.36. The smallest absolute Gasteiger partial charge is 0.411 e. The summed E-state index contributed by atoms with van der Waals surface area (Å²) >= 11 is 12.8. The molecule has 40 heavy (non-hydrogen) atoms. The van der Waals surface area contributed by atoms with E-state index in [-0.39, 0.29) is 23.1 Å². The van der Waals surface area contributed by atoms with Gasteiger partial charge in [0, 0.05) is 33.0 Å². The minimum atomic E-state index is -1.70. The van der Waals surface area contributed by atoms with Gasteiger partial charge in [0.2, 0.25) is 11.3 Å². The van der Waals surface area contributed by atoms with E-state index in [1.165, 1.54) is 24.3 Å². The molecule has 3 heterocycles. The van der Waals surface area contributed by atoms with Crippen LogP contribution in [0.25, 0.3) is 28.1 Å². The van der Waals surface area contributed by atoms with Gasteiger partial charge in [0.05, 0.1) is 12.8 Å². The van der Waals surface area contributed by atoms with Crippen LogP contribution in [0.1, 0.15) is 23.5 Å². The van der Waals surface area contributed by atoms with E-state index in [9.17, 15) is 15.1 Å². The number of carbonyl (C=O) groups is 1. The van der Waals surface area contributed by atoms with E-state index in [2.05, 4.69) is 35.5 Å². The SMILES string of the molecule is COC(=O)Nc1ccc(-c2nc(C3(O)CCc4cc(-c5cc(Cl)ccc5-n5cnnn5)c[n+]([O-])c43)[nH]c2Cl)cc1. The van der Waals surface area contributed by atoms with Crippen LogP contribution in [0, 0.1) is 5.21 Å². The second-order valence-corrected chi connectivity index (χ2v) is 9.96. The molecule has 12 nitrogen and oxygen atoms in total. The number of benzene rings is 2. The number of halogens is 2. The molecule has 2 aromatic carbocycles. The van der Waals surface area contributed by atoms with Gasteiger partial charge in [-0.05, 0) is 59.7 Å². The van der Waals surface area contributed by atoms with Gasteiger partial charge in [0.1, 0.15) is 17.2 Å². The number of aromatic nitrogens is 7. The zero-order chi connectivity index (χ0) is 28.0. The van der Waals surface area contributed by atoms with Crippen LogP contribution in [-0.2, 0) is 16.8 Å². The van der Waals surface area contributed by atoms with Crippen LogP contribution < -0.4 is 10.0 Å². The van der Waals surface area contributed by atoms with Crippen molar-refractivity contribution in [2.45, 2.75) is 18.4 Å². The molecule has 3 aromatic heterocycles. The quantitative estimate of drug-likeness (QED) is 0.208. The van der Waals surface area contributed by atoms with Gasteiger partial charge in [0.25, 0.3) is 0 Å². The molecule has 0 bridgehead atoms. The Labute approximate surface area is 236 Å². The van der Waals surface area contributed by atoms with E-state index in [1.54, 1.807) is 42.5 Å². The molecular formula is C26H20Cl2N8O4. The highest BCUT2D eigenvalue weighted by Gasteiger charge is 2.49. The van der Waals surface area contributed by atoms with Crippen LogP contribution >= 0.6 is 23.2 Å². The van der Waals surface area contributed by atoms with Crippen molar-refractivity contribution in [3.63, 3.8) is 0 Å². The maximum Gasteiger partial charge on any atom is 0.411 e. The summed E-state index contributed by atoms with van der Waals surface area (Å²) in [5, 5.41) is 39.8. The number of aryl methyl sites for hydroxylation is 1. The van der Waals surface area contributed by atoms with Crippen molar-refractivity contribution in [3.8, 4) is 28.1 Å². The Kier molecular flexibility index (Phi) is 6.37. The molecule has 0 radical (unpaired) electrons. The Morgan fingerprint density at radius 2 is 2.00 bits per heavy atom. The van der Waals surface area contributed by atoms with E-state index in [4.69, 9.17) is 23.2 Å². The number of nitrogens with one attached hydrogen (secondary N) is 2. The van der Waals surface area contributed by atoms with Crippen molar-refractivity contribution < 1.29 is 19.4 Å². The number of hydrogen-bond donors (Lipinski definition) is 3. The van der Waals surface area contributed by atoms with Crippen molar-refractivity contribution in [2.24, 2.45) is 0 Å². The minimum Gasteiger partial charge on any atom is -0.618 e. The first-order valence-electron chi connectivity index (χ1n) is 12.0. The number of fused-ring (bicyclic) bond motifs is 1. The average Bonchev–Trinajstić information content (AvgIpc) is 3.69. The van der Waals surface area contributed by atoms with Gasteiger partial charge >= 0.3 is 6.09 Å². The standard InChI is InChI=1S/C26H20Cl2N8O4/c1-40-25(37)30-18-5-2-14(3-6-18)21-23(28)32-24(31-21)26(38)9-8-15-10-16(12-36(39)22(15)26)19-11-17(27)4-7-20(19)35-13-29-33-34-35/h2-7,10-13,38H,8-9H2,1H3,(H,30,37)(H,31,32). The van der Waals surface area contributed by atoms with Crippen LogP contribution in [0.3, 0.4) is 0 Å². The molecule has 0 fully saturated rings. The molecule has 0 saturated heterocycles. The molecule has 6 rings (SSSR count). The van der Waals surface area contributed by atoms with Crippen molar-refractivity contribution in [1.29, 1.82) is 0 Å². The number of tetrazole rings is 1. The summed E-state index contributed by atoms with van der Waals surface area (Å²) in [7, 11) is 1.28. The predicted molar refractivity (Wildman–Crippen MR) is 145 cm³/mol. The number of methoxy groups -OCH3 is 1. The van der Waals surface area contributed by atoms with E-state index in [0.717, 1.165) is 0 Å². The van der Waals surface area contributed by atoms with Gasteiger partial charge in [-0.1, -0.05) is 35.3 Å². The molecule has 1 unspecified atom stereocenters. The van der Waals surface area contributed by atoms with Gasteiger partial charge < -0.3 is 20.0 Å². The number of carbonyl (C=O) groups excluding carboxylic acids is 1. The Morgan fingerprint density at radius 1 is 1.20 bits per heavy atom. The van der Waals surface area contributed by atoms with Crippen LogP contribution in [0.5, 0.6) is 0 Å². The molecule has 0 spiro atoms. The fraction of sp³-hybridized carbons (Fsp3) is 0.154. The fourth-order valence-electron chi connectivity index (χ4n) is 4.91. The molecule has 1 aliphatic rings. The normalized spacial score (nSPS) is 16.1. The number of rotatable bonds is 5. The molecule has 0 aliphatic heterocycles. The van der Waals surface area contributed by atoms with Crippen molar-refractivity contribution >= 4 is 35.0 Å². The molecule has 3 N–H and O–H groups in total. The van der Waals surface area contributed by atoms with E-state index in [1.807, 2.05) is 6.07 Å². The molecule has 0 saturated carbocycles. The molecule has 1 amide bonds. The average molecular weight is 579 g/mol. The number of aromatic amines is 1. The molecule has 1 atom stereocenters. The van der Waals surface area contributed by atoms with Gasteiger partial charge in [-0.2, -0.15) is 9.41 Å². The third kappa shape index (κ3) is 4.41. The third-order valence-corrected chi connectivity index (χ3v) is 7.27. The highest BCUT2D eigenvalue weighted by Crippen LogP contribution is 2.42. The number of nitrogens with zero attached hydrogens (tertiary/aromatic N) is 6. The molecule has 202 valence electrons. The first kappa shape index (κ1) is 25.7. The zero-order valence-corrected chi connectivity index (χ0v) is 22.3. The van der Waals surface area contributed by atoms with E-state index < -0.39 is 11.7 Å². The molecular weight excluding hydrogens is 559 g/mol. The maximum atomic E-state index is 13.4. The first-order chi connectivity index (χ1) is 19.3. The number of aliphatic hydroxyl groups is 1. The zero-order valence-electron chi connectivity index (χ0n) is 20.8. The minimum absolute atomic E-state index is 0.150. The summed E-state index contributed by atoms with van der Waals surface area (Å²) in [6, 6.07) is 13.8. The van der Waals surface area contributed by atoms with E-state index in [0.29, 0.717) is 55.5 Å². The largest absolute Gasteiger partial charge is 0.618 e. The molecule has 14 heteroatoms. The fourth-order valence-corrected chi connectivity index (χ4v) is 5.32. The number of amides is 1. The Hall–Kier alpha value is -4.52. The van der Waals surface area contributed by atoms with E-state index >= 15 is 0 Å². The van der Waals surface area contributed by atoms with Crippen molar-refractivity contribution in [1.82, 2.24) is 30.2 Å². The summed E-state index contributed by atoms with van der Waals surface area (Å²) in [6.45, 7) is 0. The van der Waals surface area contributed by atoms with Crippen LogP contribution in [0.15, 0.2) is 61.1 Å². The highest BCUT2D eigenvalue weighted by molar-refractivity contribution is 6.32. The summed E-state index contributed by atoms with van der Waals surface area (Å²) in [5.74, 6) is 0.150. The van der Waals surface area contributed by atoms with Gasteiger partial charge in [-0.15, -0.1) is 5.10 Å². The maximum absolute atomic E-state index is 13.4. The van der Waals surface area contributed by atoms with Crippen LogP contribution in [0.2, 0.25) is 10.2 Å². The summed E-state index contributed by atoms with van der Waals surface area (Å²) in [5.41, 5.74) is 2.56. The lowest BCUT2D eigenvalue weighted by molar-refractivity contribution is -0.620. The highest BCUT2D eigenvalue weighted by atomic mass is 35.5. The summed E-state index contributed by atoms with van der Waals surface area (Å²) < 4.78 is 6.74. The first-order valence-corrected chi connectivity index (χ1v) is 12.8. The number of pyridine rings is 1. The Bertz CT molecular complexity index is 1740. The number of hydrogen-bond acceptors (Lipinski definition) is 8. The predicted octanol–water partition coefficient (Wildman–Crippen LogP) is 4.02. The lowest BCUT2D eigenvalue weighted by Crippen LogP contribution is -2.42. The van der Waals surface area contributed by atoms with Gasteiger partial charge in [-0.3, -0.25) is 5.32 Å². The van der Waals surface area contributed by atoms with Crippen LogP contribution in [-0.4, -0.2) is 48.5 Å². The second-order valence-electron chi connectivity index (χ2n) is 9.15. The monoisotopic (exact) mass is 578 g/mol. The number of imidazole rings is 1. The van der Waals surface area contributed by atoms with Crippen LogP contribution in [0.4, 0.5) is 10.5 Å². The lowest BCUT2D eigenvalue weighted by atomic mass is 9.98. The Morgan fingerprint density at radius 3 is 2.73 bits per heavy atom. The molecule has 5 aromatic rings. The van der Waals surface area contributed by atoms with Gasteiger partial charge in [-0.25, -0.2) is 9.78 Å². The lowest BCUT2D eigenvalue weighted by Gasteiger charge is -2.20. The number of ether oxygens (including phenoxy) is 1. The topological polar surface area (TPSA) is 158 Å². The third-order valence-electron chi connectivity index (χ3n) is 6.77. The van der Waals surface area contributed by atoms with Crippen molar-refractivity contribution in [3.05, 3.63) is 93.5 Å². The number of H-pyrrole nitrogens is 1.